The van der Waals surface area contributed by atoms with Crippen LogP contribution in [0.25, 0.3) is 0 Å². The minimum absolute atomic E-state index is 0.0118. The number of rotatable bonds is 5. The number of hydrogen-bond acceptors (Lipinski definition) is 4. The normalized spacial score (nSPS) is 15.2. The van der Waals surface area contributed by atoms with Gasteiger partial charge in [-0.15, -0.1) is 11.3 Å². The Morgan fingerprint density at radius 1 is 1.08 bits per heavy atom. The van der Waals surface area contributed by atoms with Crippen molar-refractivity contribution >= 4 is 28.8 Å². The van der Waals surface area contributed by atoms with Crippen LogP contribution in [0.2, 0.25) is 0 Å². The molecule has 2 amide bonds. The highest BCUT2D eigenvalue weighted by molar-refractivity contribution is 7.12. The van der Waals surface area contributed by atoms with E-state index in [1.165, 1.54) is 16.9 Å². The lowest BCUT2D eigenvalue weighted by atomic mass is 10.1. The third-order valence-electron chi connectivity index (χ3n) is 4.40. The Labute approximate surface area is 152 Å². The molecule has 6 heteroatoms. The molecule has 0 atom stereocenters. The molecule has 1 aliphatic heterocycles. The zero-order valence-electron chi connectivity index (χ0n) is 14.4. The van der Waals surface area contributed by atoms with Gasteiger partial charge in [-0.05, 0) is 35.6 Å². The fraction of sp³-hybridized carbons (Fsp3) is 0.368. The Morgan fingerprint density at radius 3 is 2.40 bits per heavy atom. The lowest BCUT2D eigenvalue weighted by molar-refractivity contribution is -0.117. The van der Waals surface area contributed by atoms with Crippen molar-refractivity contribution in [2.45, 2.75) is 13.3 Å². The van der Waals surface area contributed by atoms with Crippen LogP contribution in [0.5, 0.6) is 0 Å². The average molecular weight is 357 g/mol. The summed E-state index contributed by atoms with van der Waals surface area (Å²) in [6, 6.07) is 11.7. The monoisotopic (exact) mass is 357 g/mol. The molecule has 25 heavy (non-hydrogen) atoms. The van der Waals surface area contributed by atoms with E-state index >= 15 is 0 Å². The van der Waals surface area contributed by atoms with E-state index in [2.05, 4.69) is 17.1 Å². The number of aryl methyl sites for hydroxylation is 1. The molecule has 132 valence electrons. The highest BCUT2D eigenvalue weighted by atomic mass is 32.1. The van der Waals surface area contributed by atoms with Crippen molar-refractivity contribution in [1.29, 1.82) is 0 Å². The van der Waals surface area contributed by atoms with Crippen molar-refractivity contribution in [3.63, 3.8) is 0 Å². The zero-order valence-corrected chi connectivity index (χ0v) is 15.2. The molecule has 5 nitrogen and oxygen atoms in total. The average Bonchev–Trinajstić information content (AvgIpc) is 3.17. The van der Waals surface area contributed by atoms with E-state index in [9.17, 15) is 9.59 Å². The number of anilines is 1. The molecule has 1 N–H and O–H groups in total. The second-order valence-electron chi connectivity index (χ2n) is 6.14. The van der Waals surface area contributed by atoms with Gasteiger partial charge in [0.05, 0.1) is 11.4 Å². The fourth-order valence-electron chi connectivity index (χ4n) is 2.89. The maximum Gasteiger partial charge on any atom is 0.264 e. The zero-order chi connectivity index (χ0) is 17.6. The third-order valence-corrected chi connectivity index (χ3v) is 5.26. The lowest BCUT2D eigenvalue weighted by Crippen LogP contribution is -2.50. The van der Waals surface area contributed by atoms with Gasteiger partial charge >= 0.3 is 0 Å². The van der Waals surface area contributed by atoms with Crippen molar-refractivity contribution in [1.82, 2.24) is 9.80 Å². The van der Waals surface area contributed by atoms with Crippen LogP contribution in [0, 0.1) is 0 Å². The van der Waals surface area contributed by atoms with Crippen LogP contribution < -0.4 is 5.32 Å². The Bertz CT molecular complexity index is 705. The van der Waals surface area contributed by atoms with Gasteiger partial charge in [0, 0.05) is 31.9 Å². The Morgan fingerprint density at radius 2 is 1.80 bits per heavy atom. The Kier molecular flexibility index (Phi) is 5.83. The van der Waals surface area contributed by atoms with Gasteiger partial charge in [-0.2, -0.15) is 0 Å². The molecule has 1 aliphatic rings. The van der Waals surface area contributed by atoms with Crippen molar-refractivity contribution < 1.29 is 9.59 Å². The smallest absolute Gasteiger partial charge is 0.264 e. The summed E-state index contributed by atoms with van der Waals surface area (Å²) in [7, 11) is 0. The summed E-state index contributed by atoms with van der Waals surface area (Å²) in [5.74, 6) is 0.0809. The summed E-state index contributed by atoms with van der Waals surface area (Å²) < 4.78 is 0. The van der Waals surface area contributed by atoms with E-state index in [4.69, 9.17) is 0 Å². The first-order chi connectivity index (χ1) is 12.2. The highest BCUT2D eigenvalue weighted by Crippen LogP contribution is 2.14. The predicted octanol–water partition coefficient (Wildman–Crippen LogP) is 2.71. The molecule has 0 aliphatic carbocycles. The molecule has 0 saturated carbocycles. The number of amides is 2. The lowest BCUT2D eigenvalue weighted by Gasteiger charge is -2.34. The summed E-state index contributed by atoms with van der Waals surface area (Å²) >= 11 is 1.47. The quantitative estimate of drug-likeness (QED) is 0.895. The van der Waals surface area contributed by atoms with Crippen molar-refractivity contribution in [2.24, 2.45) is 0 Å². The van der Waals surface area contributed by atoms with Gasteiger partial charge in [-0.25, -0.2) is 0 Å². The number of carbonyl (C=O) groups is 2. The summed E-state index contributed by atoms with van der Waals surface area (Å²) in [6.45, 7) is 5.23. The van der Waals surface area contributed by atoms with E-state index in [1.54, 1.807) is 0 Å². The molecule has 3 rings (SSSR count). The summed E-state index contributed by atoms with van der Waals surface area (Å²) in [4.78, 5) is 29.3. The van der Waals surface area contributed by atoms with Crippen molar-refractivity contribution in [2.75, 3.05) is 38.0 Å². The molecule has 2 aromatic rings. The van der Waals surface area contributed by atoms with Gasteiger partial charge in [-0.1, -0.05) is 25.1 Å². The van der Waals surface area contributed by atoms with Gasteiger partial charge in [0.25, 0.3) is 5.91 Å². The second kappa shape index (κ2) is 8.27. The van der Waals surface area contributed by atoms with E-state index in [1.807, 2.05) is 46.7 Å². The molecule has 2 heterocycles. The van der Waals surface area contributed by atoms with Crippen LogP contribution in [0.15, 0.2) is 41.8 Å². The van der Waals surface area contributed by atoms with E-state index in [0.29, 0.717) is 19.6 Å². The van der Waals surface area contributed by atoms with Crippen LogP contribution in [-0.2, 0) is 11.2 Å². The maximum absolute atomic E-state index is 12.3. The minimum Gasteiger partial charge on any atom is -0.335 e. The van der Waals surface area contributed by atoms with Gasteiger partial charge < -0.3 is 10.2 Å². The number of benzene rings is 1. The first kappa shape index (κ1) is 17.6. The van der Waals surface area contributed by atoms with Crippen molar-refractivity contribution in [3.8, 4) is 0 Å². The van der Waals surface area contributed by atoms with Crippen LogP contribution >= 0.6 is 11.3 Å². The van der Waals surface area contributed by atoms with Crippen LogP contribution in [0.4, 0.5) is 5.69 Å². The number of hydrogen-bond donors (Lipinski definition) is 1. The molecule has 0 spiro atoms. The second-order valence-corrected chi connectivity index (χ2v) is 7.09. The summed E-state index contributed by atoms with van der Waals surface area (Å²) in [5, 5.41) is 4.85. The van der Waals surface area contributed by atoms with Gasteiger partial charge in [0.1, 0.15) is 0 Å². The largest absolute Gasteiger partial charge is 0.335 e. The first-order valence-electron chi connectivity index (χ1n) is 8.59. The number of nitrogens with one attached hydrogen (secondary N) is 1. The van der Waals surface area contributed by atoms with Crippen molar-refractivity contribution in [3.05, 3.63) is 52.2 Å². The van der Waals surface area contributed by atoms with Gasteiger partial charge in [-0.3, -0.25) is 14.5 Å². The van der Waals surface area contributed by atoms with Gasteiger partial charge in [0.15, 0.2) is 0 Å². The highest BCUT2D eigenvalue weighted by Gasteiger charge is 2.23. The summed E-state index contributed by atoms with van der Waals surface area (Å²) in [6.07, 6.45) is 0.989. The molecule has 0 unspecified atom stereocenters. The molecule has 1 aromatic carbocycles. The number of thiophene rings is 1. The Balaban J connectivity index is 1.45. The summed E-state index contributed by atoms with van der Waals surface area (Å²) in [5.41, 5.74) is 2.08. The fourth-order valence-corrected chi connectivity index (χ4v) is 3.58. The number of piperazine rings is 1. The molecule has 1 saturated heterocycles. The minimum atomic E-state index is -0.0118. The Hall–Kier alpha value is -2.18. The SMILES string of the molecule is CCc1ccc(NC(=O)CN2CCN(C(=O)c3cccs3)CC2)cc1. The van der Waals surface area contributed by atoms with Crippen LogP contribution in [-0.4, -0.2) is 54.3 Å². The van der Waals surface area contributed by atoms with Crippen LogP contribution in [0.1, 0.15) is 22.2 Å². The molecule has 1 aromatic heterocycles. The molecule has 0 radical (unpaired) electrons. The number of nitrogens with zero attached hydrogens (tertiary/aromatic N) is 2. The van der Waals surface area contributed by atoms with E-state index in [-0.39, 0.29) is 11.8 Å². The van der Waals surface area contributed by atoms with E-state index < -0.39 is 0 Å². The van der Waals surface area contributed by atoms with E-state index in [0.717, 1.165) is 30.1 Å². The third kappa shape index (κ3) is 4.67. The maximum atomic E-state index is 12.3. The molecular formula is C19H23N3O2S. The molecule has 0 bridgehead atoms. The number of carbonyl (C=O) groups excluding carboxylic acids is 2. The van der Waals surface area contributed by atoms with Crippen LogP contribution in [0.3, 0.4) is 0 Å². The standard InChI is InChI=1S/C19H23N3O2S/c1-2-15-5-7-16(8-6-15)20-18(23)14-21-9-11-22(12-10-21)19(24)17-4-3-13-25-17/h3-8,13H,2,9-12,14H2,1H3,(H,20,23). The topological polar surface area (TPSA) is 52.7 Å². The van der Waals surface area contributed by atoms with Gasteiger partial charge in [0.2, 0.25) is 5.91 Å². The predicted molar refractivity (Wildman–Crippen MR) is 101 cm³/mol. The first-order valence-corrected chi connectivity index (χ1v) is 9.47. The molecule has 1 fully saturated rings. The molecular weight excluding hydrogens is 334 g/mol.